The predicted molar refractivity (Wildman–Crippen MR) is 66.1 cm³/mol. The molecule has 1 atom stereocenters. The van der Waals surface area contributed by atoms with Crippen molar-refractivity contribution in [1.29, 1.82) is 0 Å². The number of carbonyl (C=O) groups is 1. The average molecular weight is 213 g/mol. The van der Waals surface area contributed by atoms with Gasteiger partial charge in [-0.25, -0.2) is 0 Å². The van der Waals surface area contributed by atoms with Gasteiger partial charge in [0.2, 0.25) is 0 Å². The van der Waals surface area contributed by atoms with E-state index >= 15 is 0 Å². The Morgan fingerprint density at radius 2 is 1.87 bits per heavy atom. The zero-order valence-corrected chi connectivity index (χ0v) is 11.0. The van der Waals surface area contributed by atoms with Crippen molar-refractivity contribution >= 4 is 6.29 Å². The summed E-state index contributed by atoms with van der Waals surface area (Å²) >= 11 is 0. The van der Waals surface area contributed by atoms with E-state index < -0.39 is 0 Å². The quantitative estimate of drug-likeness (QED) is 0.456. The third kappa shape index (κ3) is 4.33. The largest absolute Gasteiger partial charge is 0.303 e. The Bertz CT molecular complexity index is 175. The molecular formula is C13H27NO. The third-order valence-corrected chi connectivity index (χ3v) is 4.12. The van der Waals surface area contributed by atoms with Gasteiger partial charge in [0.1, 0.15) is 6.29 Å². The number of rotatable bonds is 8. The molecule has 0 rings (SSSR count). The lowest BCUT2D eigenvalue weighted by atomic mass is 9.77. The van der Waals surface area contributed by atoms with E-state index in [0.29, 0.717) is 17.9 Å². The minimum absolute atomic E-state index is 0.399. The molecule has 0 saturated heterocycles. The lowest BCUT2D eigenvalue weighted by molar-refractivity contribution is -0.108. The lowest BCUT2D eigenvalue weighted by Crippen LogP contribution is -2.42. The maximum atomic E-state index is 10.2. The van der Waals surface area contributed by atoms with Gasteiger partial charge < -0.3 is 9.69 Å². The van der Waals surface area contributed by atoms with Gasteiger partial charge in [0.15, 0.2) is 0 Å². The summed E-state index contributed by atoms with van der Waals surface area (Å²) in [6.07, 6.45) is 5.10. The van der Waals surface area contributed by atoms with Gasteiger partial charge in [-0.1, -0.05) is 20.8 Å². The maximum Gasteiger partial charge on any atom is 0.120 e. The smallest absolute Gasteiger partial charge is 0.120 e. The summed E-state index contributed by atoms with van der Waals surface area (Å²) in [5.41, 5.74) is 0.399. The molecule has 0 N–H and O–H groups in total. The van der Waals surface area contributed by atoms with E-state index in [1.807, 2.05) is 0 Å². The first-order chi connectivity index (χ1) is 7.01. The highest BCUT2D eigenvalue weighted by molar-refractivity contribution is 5.48. The topological polar surface area (TPSA) is 20.3 Å². The standard InChI is InChI=1S/C13H27NO/c1-6-13(4,7-2)12(3)14(5)10-8-9-11-15/h11-12H,6-10H2,1-5H3. The van der Waals surface area contributed by atoms with Crippen LogP contribution in [0.5, 0.6) is 0 Å². The molecule has 0 aromatic carbocycles. The fourth-order valence-electron chi connectivity index (χ4n) is 1.99. The first-order valence-electron chi connectivity index (χ1n) is 6.15. The second-order valence-corrected chi connectivity index (χ2v) is 4.83. The molecule has 0 amide bonds. The molecule has 2 heteroatoms. The van der Waals surface area contributed by atoms with Crippen LogP contribution in [-0.2, 0) is 4.79 Å². The molecule has 15 heavy (non-hydrogen) atoms. The summed E-state index contributed by atoms with van der Waals surface area (Å²) in [6.45, 7) is 10.2. The molecule has 0 aromatic heterocycles. The van der Waals surface area contributed by atoms with Crippen LogP contribution in [0.1, 0.15) is 53.4 Å². The van der Waals surface area contributed by atoms with Gasteiger partial charge in [-0.2, -0.15) is 0 Å². The van der Waals surface area contributed by atoms with E-state index in [0.717, 1.165) is 19.3 Å². The highest BCUT2D eigenvalue weighted by Crippen LogP contribution is 2.32. The summed E-state index contributed by atoms with van der Waals surface area (Å²) in [4.78, 5) is 12.6. The highest BCUT2D eigenvalue weighted by Gasteiger charge is 2.29. The predicted octanol–water partition coefficient (Wildman–Crippen LogP) is 3.11. The van der Waals surface area contributed by atoms with Crippen LogP contribution in [0.25, 0.3) is 0 Å². The zero-order valence-electron chi connectivity index (χ0n) is 11.0. The fourth-order valence-corrected chi connectivity index (χ4v) is 1.99. The van der Waals surface area contributed by atoms with Gasteiger partial charge >= 0.3 is 0 Å². The SMILES string of the molecule is CCC(C)(CC)C(C)N(C)CCCC=O. The molecule has 0 spiro atoms. The molecule has 2 nitrogen and oxygen atoms in total. The van der Waals surface area contributed by atoms with Crippen molar-refractivity contribution in [3.63, 3.8) is 0 Å². The molecule has 0 aromatic rings. The van der Waals surface area contributed by atoms with Gasteiger partial charge in [0.25, 0.3) is 0 Å². The van der Waals surface area contributed by atoms with Crippen molar-refractivity contribution in [2.45, 2.75) is 59.4 Å². The van der Waals surface area contributed by atoms with Crippen LogP contribution in [0.3, 0.4) is 0 Å². The van der Waals surface area contributed by atoms with Crippen LogP contribution < -0.4 is 0 Å². The highest BCUT2D eigenvalue weighted by atomic mass is 16.1. The molecule has 1 unspecified atom stereocenters. The van der Waals surface area contributed by atoms with Crippen LogP contribution in [0.15, 0.2) is 0 Å². The average Bonchev–Trinajstić information content (AvgIpc) is 2.27. The number of hydrogen-bond acceptors (Lipinski definition) is 2. The Morgan fingerprint density at radius 1 is 1.33 bits per heavy atom. The number of aldehydes is 1. The van der Waals surface area contributed by atoms with E-state index in [1.54, 1.807) is 0 Å². The second kappa shape index (κ2) is 7.00. The molecule has 0 aliphatic rings. The molecule has 0 aliphatic carbocycles. The molecule has 0 radical (unpaired) electrons. The van der Waals surface area contributed by atoms with Gasteiger partial charge in [-0.3, -0.25) is 0 Å². The molecular weight excluding hydrogens is 186 g/mol. The maximum absolute atomic E-state index is 10.2. The lowest BCUT2D eigenvalue weighted by Gasteiger charge is -2.40. The fraction of sp³-hybridized carbons (Fsp3) is 0.923. The summed E-state index contributed by atoms with van der Waals surface area (Å²) in [5, 5.41) is 0. The zero-order chi connectivity index (χ0) is 11.9. The summed E-state index contributed by atoms with van der Waals surface area (Å²) in [7, 11) is 2.17. The minimum Gasteiger partial charge on any atom is -0.303 e. The number of hydrogen-bond donors (Lipinski definition) is 0. The van der Waals surface area contributed by atoms with E-state index in [2.05, 4.69) is 39.6 Å². The monoisotopic (exact) mass is 213 g/mol. The van der Waals surface area contributed by atoms with Crippen molar-refractivity contribution in [1.82, 2.24) is 4.90 Å². The Morgan fingerprint density at radius 3 is 2.27 bits per heavy atom. The van der Waals surface area contributed by atoms with Gasteiger partial charge in [0, 0.05) is 12.5 Å². The number of carbonyl (C=O) groups excluding carboxylic acids is 1. The van der Waals surface area contributed by atoms with Crippen molar-refractivity contribution in [3.8, 4) is 0 Å². The second-order valence-electron chi connectivity index (χ2n) is 4.83. The molecule has 0 fully saturated rings. The Kier molecular flexibility index (Phi) is 6.82. The number of nitrogens with zero attached hydrogens (tertiary/aromatic N) is 1. The Balaban J connectivity index is 4.16. The third-order valence-electron chi connectivity index (χ3n) is 4.12. The minimum atomic E-state index is 0.399. The molecule has 0 aliphatic heterocycles. The van der Waals surface area contributed by atoms with Crippen molar-refractivity contribution < 1.29 is 4.79 Å². The van der Waals surface area contributed by atoms with E-state index in [9.17, 15) is 4.79 Å². The van der Waals surface area contributed by atoms with E-state index in [1.165, 1.54) is 12.8 Å². The number of unbranched alkanes of at least 4 members (excludes halogenated alkanes) is 1. The summed E-state index contributed by atoms with van der Waals surface area (Å²) in [5.74, 6) is 0. The molecule has 90 valence electrons. The van der Waals surface area contributed by atoms with Crippen molar-refractivity contribution in [2.24, 2.45) is 5.41 Å². The van der Waals surface area contributed by atoms with Gasteiger partial charge in [0.05, 0.1) is 0 Å². The van der Waals surface area contributed by atoms with Gasteiger partial charge in [-0.05, 0) is 45.2 Å². The van der Waals surface area contributed by atoms with Crippen LogP contribution in [0.4, 0.5) is 0 Å². The Hall–Kier alpha value is -0.370. The molecule has 0 saturated carbocycles. The summed E-state index contributed by atoms with van der Waals surface area (Å²) in [6, 6.07) is 0.583. The summed E-state index contributed by atoms with van der Waals surface area (Å²) < 4.78 is 0. The molecule has 0 bridgehead atoms. The van der Waals surface area contributed by atoms with Crippen molar-refractivity contribution in [3.05, 3.63) is 0 Å². The van der Waals surface area contributed by atoms with Crippen LogP contribution in [-0.4, -0.2) is 30.8 Å². The van der Waals surface area contributed by atoms with Crippen molar-refractivity contribution in [2.75, 3.05) is 13.6 Å². The molecule has 0 heterocycles. The normalized spacial score (nSPS) is 14.3. The van der Waals surface area contributed by atoms with Gasteiger partial charge in [-0.15, -0.1) is 0 Å². The first kappa shape index (κ1) is 14.6. The van der Waals surface area contributed by atoms with E-state index in [-0.39, 0.29) is 0 Å². The van der Waals surface area contributed by atoms with E-state index in [4.69, 9.17) is 0 Å². The Labute approximate surface area is 95.0 Å². The van der Waals surface area contributed by atoms with Crippen LogP contribution in [0.2, 0.25) is 0 Å². The van der Waals surface area contributed by atoms with Crippen LogP contribution in [0, 0.1) is 5.41 Å². The van der Waals surface area contributed by atoms with Crippen LogP contribution >= 0.6 is 0 Å². The first-order valence-corrected chi connectivity index (χ1v) is 6.15.